The second kappa shape index (κ2) is 36.8. The predicted octanol–water partition coefficient (Wildman–Crippen LogP) is 31.4. The summed E-state index contributed by atoms with van der Waals surface area (Å²) in [5, 5.41) is 0. The molecule has 0 atom stereocenters. The van der Waals surface area contributed by atoms with E-state index in [0.717, 1.165) is 95.7 Å². The van der Waals surface area contributed by atoms with Crippen LogP contribution < -0.4 is 34.3 Å². The summed E-state index contributed by atoms with van der Waals surface area (Å²) in [6.45, 7) is 24.5. The number of benzene rings is 15. The molecular weight excluding hydrogens is 1560 g/mol. The molecule has 0 aliphatic heterocycles. The monoisotopic (exact) mass is 1660 g/mol. The average molecular weight is 1660 g/mol. The van der Waals surface area contributed by atoms with Crippen LogP contribution in [0.5, 0.6) is 0 Å². The molecule has 0 aromatic heterocycles. The summed E-state index contributed by atoms with van der Waals surface area (Å²) in [4.78, 5) is 69.1. The zero-order valence-corrected chi connectivity index (χ0v) is 73.3. The lowest BCUT2D eigenvalue weighted by atomic mass is 10.0. The van der Waals surface area contributed by atoms with Gasteiger partial charge in [0.2, 0.25) is 0 Å². The van der Waals surface area contributed by atoms with E-state index in [-0.39, 0.29) is 0 Å². The van der Waals surface area contributed by atoms with Crippen molar-refractivity contribution in [2.45, 2.75) is 112 Å². The van der Waals surface area contributed by atoms with Gasteiger partial charge in [-0.05, 0) is 341 Å². The number of amides is 4. The second-order valence-electron chi connectivity index (χ2n) is 34.9. The number of rotatable bonds is 21. The van der Waals surface area contributed by atoms with Gasteiger partial charge >= 0.3 is 24.4 Å². The van der Waals surface area contributed by atoms with Crippen LogP contribution in [0.25, 0.3) is 44.5 Å². The lowest BCUT2D eigenvalue weighted by Gasteiger charge is -2.30. The third-order valence-corrected chi connectivity index (χ3v) is 20.7. The zero-order valence-electron chi connectivity index (χ0n) is 73.3. The minimum atomic E-state index is -0.767. The van der Waals surface area contributed by atoms with Crippen LogP contribution in [0.3, 0.4) is 0 Å². The van der Waals surface area contributed by atoms with Crippen molar-refractivity contribution in [1.82, 2.24) is 0 Å². The van der Waals surface area contributed by atoms with E-state index in [2.05, 4.69) is 191 Å². The normalized spacial score (nSPS) is 11.5. The summed E-state index contributed by atoms with van der Waals surface area (Å²) in [6, 6.07) is 130. The van der Waals surface area contributed by atoms with Crippen molar-refractivity contribution in [3.8, 4) is 44.5 Å². The average Bonchev–Trinajstić information content (AvgIpc) is 0.780. The Morgan fingerprint density at radius 2 is 0.286 bits per heavy atom. The number of carbonyl (C=O) groups excluding carboxylic acids is 4. The zero-order chi connectivity index (χ0) is 88.4. The molecule has 0 heterocycles. The van der Waals surface area contributed by atoms with E-state index >= 15 is 0 Å². The lowest BCUT2D eigenvalue weighted by molar-refractivity contribution is 0.0588. The molecule has 0 aliphatic rings. The van der Waals surface area contributed by atoms with Crippen LogP contribution in [0, 0.1) is 6.92 Å². The van der Waals surface area contributed by atoms with E-state index in [0.29, 0.717) is 45.5 Å². The maximum Gasteiger partial charge on any atom is 0.419 e. The van der Waals surface area contributed by atoms with Crippen LogP contribution in [0.2, 0.25) is 0 Å². The van der Waals surface area contributed by atoms with Gasteiger partial charge in [-0.25, -0.2) is 38.8 Å². The van der Waals surface area contributed by atoms with Gasteiger partial charge < -0.3 is 33.6 Å². The third kappa shape index (κ3) is 20.7. The first-order valence-corrected chi connectivity index (χ1v) is 42.3. The Morgan fingerprint density at radius 3 is 0.437 bits per heavy atom. The fourth-order valence-electron chi connectivity index (χ4n) is 14.9. The summed E-state index contributed by atoms with van der Waals surface area (Å²) >= 11 is 0. The smallest absolute Gasteiger partial charge is 0.419 e. The number of nitrogens with zero attached hydrogens (tertiary/aromatic N) is 7. The first-order valence-electron chi connectivity index (χ1n) is 42.3. The van der Waals surface area contributed by atoms with Crippen molar-refractivity contribution in [2.24, 2.45) is 0 Å². The third-order valence-electron chi connectivity index (χ3n) is 20.7. The Balaban J connectivity index is 0.805. The number of hydrogen-bond donors (Lipinski definition) is 0. The highest BCUT2D eigenvalue weighted by Gasteiger charge is 2.31. The van der Waals surface area contributed by atoms with Gasteiger partial charge in [0.15, 0.2) is 0 Å². The van der Waals surface area contributed by atoms with Gasteiger partial charge in [0.05, 0.1) is 45.5 Å². The molecule has 0 spiro atoms. The molecule has 15 rings (SSSR count). The van der Waals surface area contributed by atoms with Gasteiger partial charge in [-0.2, -0.15) is 0 Å². The van der Waals surface area contributed by atoms with Crippen LogP contribution in [-0.4, -0.2) is 46.8 Å². The summed E-state index contributed by atoms with van der Waals surface area (Å²) in [5.74, 6) is 0. The van der Waals surface area contributed by atoms with Crippen LogP contribution in [-0.2, 0) is 18.9 Å². The highest BCUT2D eigenvalue weighted by Crippen LogP contribution is 2.46. The number of para-hydroxylation sites is 4. The van der Waals surface area contributed by atoms with E-state index in [1.165, 1.54) is 5.56 Å². The minimum absolute atomic E-state index is 0.467. The van der Waals surface area contributed by atoms with E-state index in [9.17, 15) is 19.2 Å². The second-order valence-corrected chi connectivity index (χ2v) is 34.9. The molecule has 126 heavy (non-hydrogen) atoms. The van der Waals surface area contributed by atoms with Crippen molar-refractivity contribution in [3.63, 3.8) is 0 Å². The van der Waals surface area contributed by atoms with Gasteiger partial charge in [0, 0.05) is 51.2 Å². The predicted molar refractivity (Wildman–Crippen MR) is 516 cm³/mol. The van der Waals surface area contributed by atoms with E-state index in [4.69, 9.17) is 18.9 Å². The minimum Gasteiger partial charge on any atom is -0.443 e. The van der Waals surface area contributed by atoms with Crippen molar-refractivity contribution < 1.29 is 38.1 Å². The van der Waals surface area contributed by atoms with Crippen molar-refractivity contribution in [2.75, 3.05) is 34.3 Å². The molecule has 15 aromatic carbocycles. The number of carbonyl (C=O) groups is 4. The number of ether oxygens (including phenoxy) is 4. The molecule has 0 bridgehead atoms. The molecule has 630 valence electrons. The molecule has 4 amide bonds. The van der Waals surface area contributed by atoms with E-state index in [1.807, 2.05) is 301 Å². The molecule has 0 saturated carbocycles. The van der Waals surface area contributed by atoms with Crippen molar-refractivity contribution in [1.29, 1.82) is 0 Å². The Morgan fingerprint density at radius 1 is 0.167 bits per heavy atom. The van der Waals surface area contributed by atoms with Crippen LogP contribution in [0.4, 0.5) is 116 Å². The first-order chi connectivity index (χ1) is 60.5. The van der Waals surface area contributed by atoms with Crippen LogP contribution in [0.15, 0.2) is 388 Å². The van der Waals surface area contributed by atoms with E-state index < -0.39 is 46.8 Å². The molecule has 0 N–H and O–H groups in total. The molecule has 15 aromatic rings. The van der Waals surface area contributed by atoms with Crippen LogP contribution >= 0.6 is 0 Å². The quantitative estimate of drug-likeness (QED) is 0.0638. The molecule has 0 unspecified atom stereocenters. The highest BCUT2D eigenvalue weighted by atomic mass is 16.6. The Labute approximate surface area is 739 Å². The first kappa shape index (κ1) is 85.7. The van der Waals surface area contributed by atoms with Gasteiger partial charge in [-0.3, -0.25) is 0 Å². The summed E-state index contributed by atoms with van der Waals surface area (Å²) in [7, 11) is 0. The van der Waals surface area contributed by atoms with Crippen molar-refractivity contribution in [3.05, 3.63) is 394 Å². The maximum absolute atomic E-state index is 14.4. The number of aryl methyl sites for hydroxylation is 1. The molecule has 15 nitrogen and oxygen atoms in total. The molecular formula is C111H103N7O8. The summed E-state index contributed by atoms with van der Waals surface area (Å²) < 4.78 is 23.9. The topological polar surface area (TPSA) is 128 Å². The van der Waals surface area contributed by atoms with Gasteiger partial charge in [-0.15, -0.1) is 0 Å². The molecule has 0 fully saturated rings. The van der Waals surface area contributed by atoms with Gasteiger partial charge in [-0.1, -0.05) is 188 Å². The van der Waals surface area contributed by atoms with Crippen molar-refractivity contribution >= 4 is 121 Å². The van der Waals surface area contributed by atoms with Gasteiger partial charge in [0.1, 0.15) is 22.4 Å². The number of hydrogen-bond acceptors (Lipinski definition) is 11. The molecule has 15 heteroatoms. The highest BCUT2D eigenvalue weighted by molar-refractivity contribution is 6.00. The maximum atomic E-state index is 14.4. The Kier molecular flexibility index (Phi) is 25.1. The lowest BCUT2D eigenvalue weighted by Crippen LogP contribution is -2.33. The largest absolute Gasteiger partial charge is 0.443 e. The van der Waals surface area contributed by atoms with E-state index in [1.54, 1.807) is 19.6 Å². The molecule has 0 aliphatic carbocycles. The molecule has 0 radical (unpaired) electrons. The standard InChI is InChI=1S/C111H103N7O8/c1-78-34-36-79(37-35-78)80-38-52-91(53-39-80)112(92-54-40-81(41-55-92)84-46-60-100(61-47-84)115(87-26-18-14-19-27-87)104(119)123-108(2,3)4)95-66-70-97(71-67-95)114(99-74-76-103(77-75-99)118(90-32-24-17-25-33-90)107(122)126-111(11,12)13)98-72-68-96(69-73-98)113(93-56-42-82(43-57-93)85-48-62-101(63-49-85)116(88-28-20-15-21-29-88)105(120)124-109(5,6)7)94-58-44-83(45-59-94)86-50-64-102(65-51-86)117(89-30-22-16-23-31-89)106(121)125-110(8,9)10/h14-77H,1-13H3. The molecule has 0 saturated heterocycles. The Bertz CT molecular complexity index is 6050. The van der Waals surface area contributed by atoms with Crippen LogP contribution in [0.1, 0.15) is 88.6 Å². The SMILES string of the molecule is Cc1ccc(-c2ccc(N(c3ccc(-c4ccc(N(C(=O)OC(C)(C)C)c5ccccc5)cc4)cc3)c3ccc(N(c4ccc(N(C(=O)OC(C)(C)C)c5ccccc5)cc4)c4ccc(N(c5ccc(-c6ccc(N(C(=O)OC(C)(C)C)c7ccccc7)cc6)cc5)c5ccc(-c6ccc(N(C(=O)OC(C)(C)C)c7ccccc7)cc6)cc5)cc4)cc3)cc2)cc1. The summed E-state index contributed by atoms with van der Waals surface area (Å²) in [6.07, 6.45) is -1.93. The fraction of sp³-hybridized carbons (Fsp3) is 0.153. The fourth-order valence-corrected chi connectivity index (χ4v) is 14.9. The Hall–Kier alpha value is -15.2. The van der Waals surface area contributed by atoms with Gasteiger partial charge in [0.25, 0.3) is 0 Å². The number of anilines is 17. The summed E-state index contributed by atoms with van der Waals surface area (Å²) in [5.41, 5.74) is 19.7.